The molecule has 112 valence electrons. The van der Waals surface area contributed by atoms with Gasteiger partial charge in [-0.15, -0.1) is 12.4 Å². The van der Waals surface area contributed by atoms with Gasteiger partial charge in [0.1, 0.15) is 5.54 Å². The van der Waals surface area contributed by atoms with Gasteiger partial charge in [-0.2, -0.15) is 0 Å². The van der Waals surface area contributed by atoms with Crippen molar-refractivity contribution in [2.75, 3.05) is 13.2 Å². The number of nitrogens with one attached hydrogen (secondary N) is 1. The molecular weight excluding hydrogens is 264 g/mol. The lowest BCUT2D eigenvalue weighted by Crippen LogP contribution is -2.75. The molecule has 2 rings (SSSR count). The molecular formula is C14H27ClN2O2. The molecule has 0 aliphatic heterocycles. The first kappa shape index (κ1) is 16.7. The Labute approximate surface area is 122 Å². The zero-order valence-corrected chi connectivity index (χ0v) is 13.0. The first-order valence-electron chi connectivity index (χ1n) is 7.10. The predicted molar refractivity (Wildman–Crippen MR) is 78.3 cm³/mol. The van der Waals surface area contributed by atoms with Crippen LogP contribution >= 0.6 is 12.4 Å². The molecule has 2 unspecified atom stereocenters. The Morgan fingerprint density at radius 3 is 2.53 bits per heavy atom. The number of carbonyl (C=O) groups is 1. The summed E-state index contributed by atoms with van der Waals surface area (Å²) in [5.41, 5.74) is 5.23. The van der Waals surface area contributed by atoms with Gasteiger partial charge in [0.15, 0.2) is 0 Å². The average Bonchev–Trinajstić information content (AvgIpc) is 3.12. The minimum absolute atomic E-state index is 0. The minimum Gasteiger partial charge on any atom is -0.378 e. The Hall–Kier alpha value is -0.320. The molecule has 5 heteroatoms. The number of amides is 1. The highest BCUT2D eigenvalue weighted by Crippen LogP contribution is 2.49. The van der Waals surface area contributed by atoms with Crippen LogP contribution in [-0.4, -0.2) is 30.7 Å². The van der Waals surface area contributed by atoms with Crippen molar-refractivity contribution >= 4 is 18.3 Å². The number of hydrogen-bond donors (Lipinski definition) is 2. The highest BCUT2D eigenvalue weighted by Gasteiger charge is 2.62. The summed E-state index contributed by atoms with van der Waals surface area (Å²) in [6.45, 7) is 7.46. The number of hydrogen-bond acceptors (Lipinski definition) is 3. The molecule has 4 nitrogen and oxygen atoms in total. The molecule has 2 saturated carbocycles. The van der Waals surface area contributed by atoms with Crippen LogP contribution in [-0.2, 0) is 9.53 Å². The molecule has 0 aromatic heterocycles. The molecule has 0 bridgehead atoms. The fraction of sp³-hybridized carbons (Fsp3) is 0.929. The average molecular weight is 291 g/mol. The van der Waals surface area contributed by atoms with Crippen LogP contribution in [0.15, 0.2) is 0 Å². The molecule has 0 radical (unpaired) electrons. The van der Waals surface area contributed by atoms with Crippen LogP contribution in [0.4, 0.5) is 0 Å². The molecule has 0 spiro atoms. The van der Waals surface area contributed by atoms with Crippen LogP contribution < -0.4 is 11.1 Å². The van der Waals surface area contributed by atoms with Crippen LogP contribution in [0.1, 0.15) is 46.5 Å². The largest absolute Gasteiger partial charge is 0.378 e. The van der Waals surface area contributed by atoms with E-state index in [2.05, 4.69) is 5.32 Å². The fourth-order valence-electron chi connectivity index (χ4n) is 2.77. The van der Waals surface area contributed by atoms with Crippen molar-refractivity contribution in [3.8, 4) is 0 Å². The van der Waals surface area contributed by atoms with Gasteiger partial charge in [-0.1, -0.05) is 26.7 Å². The summed E-state index contributed by atoms with van der Waals surface area (Å²) < 4.78 is 5.63. The highest BCUT2D eigenvalue weighted by atomic mass is 35.5. The van der Waals surface area contributed by atoms with E-state index in [4.69, 9.17) is 10.5 Å². The monoisotopic (exact) mass is 290 g/mol. The van der Waals surface area contributed by atoms with Crippen LogP contribution in [0.2, 0.25) is 0 Å². The molecule has 0 aromatic carbocycles. The molecule has 3 N–H and O–H groups in total. The van der Waals surface area contributed by atoms with Crippen molar-refractivity contribution in [2.45, 2.75) is 58.1 Å². The summed E-state index contributed by atoms with van der Waals surface area (Å²) in [7, 11) is 0. The van der Waals surface area contributed by atoms with E-state index in [9.17, 15) is 4.79 Å². The first-order valence-corrected chi connectivity index (χ1v) is 7.10. The van der Waals surface area contributed by atoms with Crippen molar-refractivity contribution < 1.29 is 9.53 Å². The third-order valence-electron chi connectivity index (χ3n) is 4.77. The topological polar surface area (TPSA) is 64.3 Å². The zero-order chi connectivity index (χ0) is 13.4. The molecule has 0 aromatic rings. The van der Waals surface area contributed by atoms with Gasteiger partial charge in [0.25, 0.3) is 0 Å². The Balaban J connectivity index is 0.00000180. The number of carbonyl (C=O) groups excluding carboxylic acids is 1. The summed E-state index contributed by atoms with van der Waals surface area (Å²) >= 11 is 0. The van der Waals surface area contributed by atoms with Crippen molar-refractivity contribution in [1.29, 1.82) is 0 Å². The normalized spacial score (nSPS) is 32.1. The maximum Gasteiger partial charge on any atom is 0.240 e. The summed E-state index contributed by atoms with van der Waals surface area (Å²) in [5, 5.41) is 3.00. The predicted octanol–water partition coefficient (Wildman–Crippen LogP) is 1.86. The molecule has 0 heterocycles. The standard InChI is InChI=1S/C14H26N2O2.ClH/c1-4-18-11-9-14(15,13(11,2)3)12(17)16-8-7-10-5-6-10;/h10-11H,4-9,15H2,1-3H3,(H,16,17);1H. The van der Waals surface area contributed by atoms with Crippen molar-refractivity contribution in [3.63, 3.8) is 0 Å². The molecule has 19 heavy (non-hydrogen) atoms. The Morgan fingerprint density at radius 1 is 1.42 bits per heavy atom. The molecule has 2 aliphatic carbocycles. The van der Waals surface area contributed by atoms with Gasteiger partial charge in [0.05, 0.1) is 6.10 Å². The fourth-order valence-corrected chi connectivity index (χ4v) is 2.77. The summed E-state index contributed by atoms with van der Waals surface area (Å²) in [5.74, 6) is 0.828. The van der Waals surface area contributed by atoms with Gasteiger partial charge < -0.3 is 15.8 Å². The van der Waals surface area contributed by atoms with Crippen molar-refractivity contribution in [2.24, 2.45) is 17.1 Å². The van der Waals surface area contributed by atoms with Crippen molar-refractivity contribution in [3.05, 3.63) is 0 Å². The van der Waals surface area contributed by atoms with Crippen LogP contribution in [0, 0.1) is 11.3 Å². The summed E-state index contributed by atoms with van der Waals surface area (Å²) in [6.07, 6.45) is 4.46. The van der Waals surface area contributed by atoms with Gasteiger partial charge in [0, 0.05) is 25.0 Å². The lowest BCUT2D eigenvalue weighted by molar-refractivity contribution is -0.170. The van der Waals surface area contributed by atoms with E-state index in [0.29, 0.717) is 13.0 Å². The zero-order valence-electron chi connectivity index (χ0n) is 12.2. The second-order valence-electron chi connectivity index (χ2n) is 6.33. The highest BCUT2D eigenvalue weighted by molar-refractivity contribution is 5.88. The summed E-state index contributed by atoms with van der Waals surface area (Å²) in [6, 6.07) is 0. The second-order valence-corrected chi connectivity index (χ2v) is 6.33. The molecule has 0 saturated heterocycles. The van der Waals surface area contributed by atoms with Crippen LogP contribution in [0.25, 0.3) is 0 Å². The third-order valence-corrected chi connectivity index (χ3v) is 4.77. The quantitative estimate of drug-likeness (QED) is 0.785. The van der Waals surface area contributed by atoms with E-state index in [0.717, 1.165) is 18.9 Å². The number of halogens is 1. The number of ether oxygens (including phenoxy) is 1. The van der Waals surface area contributed by atoms with Gasteiger partial charge in [-0.05, 0) is 19.3 Å². The Bertz CT molecular complexity index is 331. The third kappa shape index (κ3) is 3.06. The van der Waals surface area contributed by atoms with E-state index in [1.807, 2.05) is 20.8 Å². The maximum atomic E-state index is 12.2. The maximum absolute atomic E-state index is 12.2. The lowest BCUT2D eigenvalue weighted by atomic mass is 9.54. The van der Waals surface area contributed by atoms with E-state index in [1.165, 1.54) is 12.8 Å². The van der Waals surface area contributed by atoms with Crippen LogP contribution in [0.5, 0.6) is 0 Å². The van der Waals surface area contributed by atoms with Gasteiger partial charge in [0.2, 0.25) is 5.91 Å². The lowest BCUT2D eigenvalue weighted by Gasteiger charge is -2.57. The Morgan fingerprint density at radius 2 is 2.05 bits per heavy atom. The van der Waals surface area contributed by atoms with Gasteiger partial charge in [-0.3, -0.25) is 4.79 Å². The van der Waals surface area contributed by atoms with E-state index >= 15 is 0 Å². The molecule has 2 fully saturated rings. The molecule has 2 atom stereocenters. The van der Waals surface area contributed by atoms with Crippen molar-refractivity contribution in [1.82, 2.24) is 5.32 Å². The number of rotatable bonds is 6. The molecule has 2 aliphatic rings. The van der Waals surface area contributed by atoms with Crippen LogP contribution in [0.3, 0.4) is 0 Å². The summed E-state index contributed by atoms with van der Waals surface area (Å²) in [4.78, 5) is 12.2. The molecule has 1 amide bonds. The first-order chi connectivity index (χ1) is 8.41. The minimum atomic E-state index is -0.767. The van der Waals surface area contributed by atoms with Gasteiger partial charge in [-0.25, -0.2) is 0 Å². The van der Waals surface area contributed by atoms with E-state index in [1.54, 1.807) is 0 Å². The van der Waals surface area contributed by atoms with Gasteiger partial charge >= 0.3 is 0 Å². The smallest absolute Gasteiger partial charge is 0.240 e. The Kier molecular flexibility index (Phi) is 5.27. The number of nitrogens with two attached hydrogens (primary N) is 1. The van der Waals surface area contributed by atoms with E-state index in [-0.39, 0.29) is 29.8 Å². The van der Waals surface area contributed by atoms with E-state index < -0.39 is 5.54 Å². The second kappa shape index (κ2) is 5.98. The SMILES string of the molecule is CCOC1CC(N)(C(=O)NCCC2CC2)C1(C)C.Cl.